The van der Waals surface area contributed by atoms with E-state index in [0.717, 1.165) is 39.1 Å². The van der Waals surface area contributed by atoms with Crippen molar-refractivity contribution in [2.45, 2.75) is 6.92 Å². The molecule has 21 heavy (non-hydrogen) atoms. The van der Waals surface area contributed by atoms with Crippen LogP contribution in [0.25, 0.3) is 33.5 Å². The quantitative estimate of drug-likeness (QED) is 0.533. The molecule has 2 heterocycles. The van der Waals surface area contributed by atoms with Crippen molar-refractivity contribution in [3.05, 3.63) is 54.4 Å². The van der Waals surface area contributed by atoms with Crippen LogP contribution in [-0.4, -0.2) is 19.5 Å². The van der Waals surface area contributed by atoms with Crippen molar-refractivity contribution >= 4 is 22.1 Å². The van der Waals surface area contributed by atoms with Gasteiger partial charge in [0.25, 0.3) is 0 Å². The molecular formula is C17H14N4. The van der Waals surface area contributed by atoms with Gasteiger partial charge in [0.2, 0.25) is 0 Å². The Kier molecular flexibility index (Phi) is 2.51. The topological polar surface area (TPSA) is 43.6 Å². The van der Waals surface area contributed by atoms with Crippen LogP contribution >= 0.6 is 0 Å². The van der Waals surface area contributed by atoms with Gasteiger partial charge in [-0.05, 0) is 19.1 Å². The number of hydrogen-bond acceptors (Lipinski definition) is 3. The number of imidazole rings is 1. The molecule has 0 radical (unpaired) electrons. The fourth-order valence-corrected chi connectivity index (χ4v) is 2.51. The summed E-state index contributed by atoms with van der Waals surface area (Å²) in [5.74, 6) is 0.764. The van der Waals surface area contributed by atoms with E-state index in [1.165, 1.54) is 0 Å². The van der Waals surface area contributed by atoms with Gasteiger partial charge in [0.05, 0.1) is 22.1 Å². The monoisotopic (exact) mass is 274 g/mol. The summed E-state index contributed by atoms with van der Waals surface area (Å²) in [5, 5.41) is 0. The largest absolute Gasteiger partial charge is 0.345 e. The van der Waals surface area contributed by atoms with Crippen LogP contribution in [0.3, 0.4) is 0 Å². The Morgan fingerprint density at radius 3 is 2.38 bits per heavy atom. The zero-order valence-electron chi connectivity index (χ0n) is 11.9. The third-order valence-corrected chi connectivity index (χ3v) is 3.84. The summed E-state index contributed by atoms with van der Waals surface area (Å²) < 4.78 is 2.12. The summed E-state index contributed by atoms with van der Waals surface area (Å²) >= 11 is 0. The average Bonchev–Trinajstić information content (AvgIpc) is 2.93. The van der Waals surface area contributed by atoms with E-state index in [-0.39, 0.29) is 0 Å². The van der Waals surface area contributed by atoms with Crippen LogP contribution in [0, 0.1) is 6.92 Å². The minimum atomic E-state index is 0.764. The van der Waals surface area contributed by atoms with Crippen molar-refractivity contribution in [1.82, 2.24) is 19.5 Å². The second-order valence-electron chi connectivity index (χ2n) is 5.20. The van der Waals surface area contributed by atoms with Gasteiger partial charge in [-0.2, -0.15) is 0 Å². The van der Waals surface area contributed by atoms with E-state index in [2.05, 4.69) is 25.6 Å². The second kappa shape index (κ2) is 4.38. The average molecular weight is 274 g/mol. The third kappa shape index (κ3) is 1.88. The number of hydrogen-bond donors (Lipinski definition) is 0. The highest BCUT2D eigenvalue weighted by Crippen LogP contribution is 2.24. The van der Waals surface area contributed by atoms with Crippen LogP contribution < -0.4 is 0 Å². The third-order valence-electron chi connectivity index (χ3n) is 3.84. The molecule has 0 fully saturated rings. The highest BCUT2D eigenvalue weighted by atomic mass is 15.0. The lowest BCUT2D eigenvalue weighted by atomic mass is 10.2. The minimum Gasteiger partial charge on any atom is -0.345 e. The Balaban J connectivity index is 2.00. The van der Waals surface area contributed by atoms with Gasteiger partial charge in [0.1, 0.15) is 0 Å². The molecule has 0 saturated carbocycles. The van der Waals surface area contributed by atoms with E-state index in [0.29, 0.717) is 0 Å². The molecule has 0 atom stereocenters. The Bertz CT molecular complexity index is 955. The second-order valence-corrected chi connectivity index (χ2v) is 5.20. The van der Waals surface area contributed by atoms with Gasteiger partial charge in [-0.1, -0.05) is 30.3 Å². The van der Waals surface area contributed by atoms with Crippen LogP contribution in [0.1, 0.15) is 5.69 Å². The van der Waals surface area contributed by atoms with E-state index in [4.69, 9.17) is 0 Å². The molecule has 0 aliphatic heterocycles. The molecule has 4 heteroatoms. The molecule has 0 spiro atoms. The van der Waals surface area contributed by atoms with Crippen molar-refractivity contribution in [3.63, 3.8) is 0 Å². The summed E-state index contributed by atoms with van der Waals surface area (Å²) in [7, 11) is 2.04. The number of benzene rings is 2. The first kappa shape index (κ1) is 12.0. The van der Waals surface area contributed by atoms with Crippen molar-refractivity contribution in [2.75, 3.05) is 0 Å². The zero-order valence-corrected chi connectivity index (χ0v) is 11.9. The van der Waals surface area contributed by atoms with E-state index < -0.39 is 0 Å². The molecule has 4 rings (SSSR count). The summed E-state index contributed by atoms with van der Waals surface area (Å²) in [5.41, 5.74) is 5.95. The Morgan fingerprint density at radius 2 is 1.62 bits per heavy atom. The van der Waals surface area contributed by atoms with Crippen LogP contribution in [0.2, 0.25) is 0 Å². The van der Waals surface area contributed by atoms with Crippen LogP contribution in [0.4, 0.5) is 0 Å². The minimum absolute atomic E-state index is 0.764. The summed E-state index contributed by atoms with van der Waals surface area (Å²) in [6, 6.07) is 14.1. The van der Waals surface area contributed by atoms with Crippen molar-refractivity contribution < 1.29 is 0 Å². The standard InChI is InChI=1S/C17H14N4/c1-11-10-18-15-8-13-14(9-16(15)21(11)2)20-17(19-13)12-6-4-3-5-7-12/h3-10H,1-2H3. The highest BCUT2D eigenvalue weighted by molar-refractivity contribution is 5.92. The molecule has 4 nitrogen and oxygen atoms in total. The lowest BCUT2D eigenvalue weighted by Crippen LogP contribution is -1.99. The van der Waals surface area contributed by atoms with E-state index in [1.54, 1.807) is 0 Å². The number of fused-ring (bicyclic) bond motifs is 2. The Labute approximate surface area is 122 Å². The van der Waals surface area contributed by atoms with Crippen LogP contribution in [-0.2, 0) is 7.05 Å². The predicted octanol–water partition coefficient (Wildman–Crippen LogP) is 3.49. The molecule has 0 saturated heterocycles. The number of aromatic nitrogens is 4. The highest BCUT2D eigenvalue weighted by Gasteiger charge is 2.09. The molecule has 0 amide bonds. The van der Waals surface area contributed by atoms with Gasteiger partial charge < -0.3 is 4.57 Å². The molecule has 0 bridgehead atoms. The maximum atomic E-state index is 4.65. The first-order chi connectivity index (χ1) is 10.2. The molecule has 0 aliphatic carbocycles. The summed E-state index contributed by atoms with van der Waals surface area (Å²) in [6.07, 6.45) is 1.88. The van der Waals surface area contributed by atoms with Gasteiger partial charge in [0, 0.05) is 24.5 Å². The Hall–Kier alpha value is -2.75. The maximum absolute atomic E-state index is 4.65. The normalized spacial score (nSPS) is 11.3. The smallest absolute Gasteiger partial charge is 0.160 e. The maximum Gasteiger partial charge on any atom is 0.160 e. The van der Waals surface area contributed by atoms with Gasteiger partial charge in [-0.25, -0.2) is 9.97 Å². The van der Waals surface area contributed by atoms with Crippen molar-refractivity contribution in [3.8, 4) is 11.4 Å². The molecule has 2 aromatic carbocycles. The first-order valence-electron chi connectivity index (χ1n) is 6.87. The zero-order chi connectivity index (χ0) is 14.4. The summed E-state index contributed by atoms with van der Waals surface area (Å²) in [4.78, 5) is 13.8. The van der Waals surface area contributed by atoms with Gasteiger partial charge >= 0.3 is 0 Å². The van der Waals surface area contributed by atoms with Crippen LogP contribution in [0.5, 0.6) is 0 Å². The molecule has 0 N–H and O–H groups in total. The van der Waals surface area contributed by atoms with Gasteiger partial charge in [0.15, 0.2) is 5.82 Å². The molecule has 0 unspecified atom stereocenters. The lowest BCUT2D eigenvalue weighted by molar-refractivity contribution is 0.887. The molecule has 4 aromatic rings. The molecule has 102 valence electrons. The van der Waals surface area contributed by atoms with E-state index in [1.807, 2.05) is 56.6 Å². The summed E-state index contributed by atoms with van der Waals surface area (Å²) in [6.45, 7) is 2.04. The van der Waals surface area contributed by atoms with Gasteiger partial charge in [-0.15, -0.1) is 0 Å². The van der Waals surface area contributed by atoms with Crippen LogP contribution in [0.15, 0.2) is 48.7 Å². The Morgan fingerprint density at radius 1 is 0.905 bits per heavy atom. The molecular weight excluding hydrogens is 260 g/mol. The fraction of sp³-hybridized carbons (Fsp3) is 0.118. The number of nitrogens with zero attached hydrogens (tertiary/aromatic N) is 4. The molecule has 0 aliphatic rings. The van der Waals surface area contributed by atoms with Gasteiger partial charge in [-0.3, -0.25) is 4.98 Å². The van der Waals surface area contributed by atoms with E-state index in [9.17, 15) is 0 Å². The number of rotatable bonds is 1. The van der Waals surface area contributed by atoms with Crippen molar-refractivity contribution in [2.24, 2.45) is 7.05 Å². The SMILES string of the molecule is Cc1cnc2cc3nc(-c4ccccc4)nc3cc2n1C. The fourth-order valence-electron chi connectivity index (χ4n) is 2.51. The van der Waals surface area contributed by atoms with E-state index >= 15 is 0 Å². The number of aryl methyl sites for hydroxylation is 2. The predicted molar refractivity (Wildman–Crippen MR) is 84.0 cm³/mol. The first-order valence-corrected chi connectivity index (χ1v) is 6.87. The van der Waals surface area contributed by atoms with Crippen molar-refractivity contribution in [1.29, 1.82) is 0 Å². The molecule has 2 aromatic heterocycles. The lowest BCUT2D eigenvalue weighted by Gasteiger charge is -2.07.